The SMILES string of the molecule is Cc1ccnc2c1nc(CCCl)n2-c1cc(F)ccc1Br. The van der Waals surface area contributed by atoms with E-state index in [1.807, 2.05) is 17.6 Å². The molecule has 21 heavy (non-hydrogen) atoms. The summed E-state index contributed by atoms with van der Waals surface area (Å²) in [5.74, 6) is 0.905. The molecule has 0 N–H and O–H groups in total. The molecular weight excluding hydrogens is 357 g/mol. The van der Waals surface area contributed by atoms with Gasteiger partial charge in [-0.05, 0) is 52.7 Å². The van der Waals surface area contributed by atoms with E-state index in [2.05, 4.69) is 25.9 Å². The largest absolute Gasteiger partial charge is 0.279 e. The van der Waals surface area contributed by atoms with Crippen LogP contribution in [0.2, 0.25) is 0 Å². The minimum Gasteiger partial charge on any atom is -0.279 e. The molecule has 0 aliphatic carbocycles. The quantitative estimate of drug-likeness (QED) is 0.641. The Morgan fingerprint density at radius 1 is 1.33 bits per heavy atom. The number of imidazole rings is 1. The van der Waals surface area contributed by atoms with Gasteiger partial charge in [-0.15, -0.1) is 11.6 Å². The highest BCUT2D eigenvalue weighted by Gasteiger charge is 2.17. The Hall–Kier alpha value is -1.46. The summed E-state index contributed by atoms with van der Waals surface area (Å²) in [4.78, 5) is 9.03. The number of nitrogens with zero attached hydrogens (tertiary/aromatic N) is 3. The van der Waals surface area contributed by atoms with Gasteiger partial charge >= 0.3 is 0 Å². The van der Waals surface area contributed by atoms with E-state index < -0.39 is 0 Å². The second-order valence-corrected chi connectivity index (χ2v) is 5.93. The smallest absolute Gasteiger partial charge is 0.164 e. The maximum absolute atomic E-state index is 13.6. The van der Waals surface area contributed by atoms with E-state index in [0.717, 1.165) is 21.4 Å². The topological polar surface area (TPSA) is 30.7 Å². The van der Waals surface area contributed by atoms with Crippen molar-refractivity contribution in [3.05, 3.63) is 52.1 Å². The molecule has 0 aliphatic heterocycles. The summed E-state index contributed by atoms with van der Waals surface area (Å²) in [6.45, 7) is 1.98. The summed E-state index contributed by atoms with van der Waals surface area (Å²) in [6, 6.07) is 6.46. The van der Waals surface area contributed by atoms with Gasteiger partial charge in [0.2, 0.25) is 0 Å². The standard InChI is InChI=1S/C15H12BrClFN3/c1-9-5-7-19-15-14(9)20-13(4-6-17)21(15)12-8-10(18)2-3-11(12)16/h2-3,5,7-8H,4,6H2,1H3. The van der Waals surface area contributed by atoms with Gasteiger partial charge in [0.25, 0.3) is 0 Å². The second-order valence-electron chi connectivity index (χ2n) is 4.70. The van der Waals surface area contributed by atoms with Crippen molar-refractivity contribution in [2.24, 2.45) is 0 Å². The molecule has 0 aliphatic rings. The molecule has 0 bridgehead atoms. The van der Waals surface area contributed by atoms with Gasteiger partial charge < -0.3 is 0 Å². The zero-order chi connectivity index (χ0) is 15.0. The lowest BCUT2D eigenvalue weighted by molar-refractivity contribution is 0.626. The molecule has 3 aromatic rings. The maximum Gasteiger partial charge on any atom is 0.164 e. The number of aryl methyl sites for hydroxylation is 2. The van der Waals surface area contributed by atoms with E-state index in [0.29, 0.717) is 23.6 Å². The van der Waals surface area contributed by atoms with Gasteiger partial charge in [-0.2, -0.15) is 0 Å². The lowest BCUT2D eigenvalue weighted by atomic mass is 10.2. The molecule has 0 saturated heterocycles. The van der Waals surface area contributed by atoms with Crippen molar-refractivity contribution < 1.29 is 4.39 Å². The van der Waals surface area contributed by atoms with Crippen molar-refractivity contribution in [1.29, 1.82) is 0 Å². The Balaban J connectivity index is 2.36. The molecule has 0 atom stereocenters. The number of hydrogen-bond acceptors (Lipinski definition) is 2. The maximum atomic E-state index is 13.6. The van der Waals surface area contributed by atoms with Gasteiger partial charge in [-0.1, -0.05) is 0 Å². The van der Waals surface area contributed by atoms with Crippen LogP contribution in [0.5, 0.6) is 0 Å². The van der Waals surface area contributed by atoms with Gasteiger partial charge in [0, 0.05) is 23.0 Å². The first kappa shape index (κ1) is 14.5. The van der Waals surface area contributed by atoms with Crippen LogP contribution >= 0.6 is 27.5 Å². The number of fused-ring (bicyclic) bond motifs is 1. The van der Waals surface area contributed by atoms with E-state index in [-0.39, 0.29) is 5.82 Å². The van der Waals surface area contributed by atoms with Crippen LogP contribution in [0.3, 0.4) is 0 Å². The van der Waals surface area contributed by atoms with Crippen molar-refractivity contribution in [2.75, 3.05) is 5.88 Å². The lowest BCUT2D eigenvalue weighted by Crippen LogP contribution is -2.04. The fourth-order valence-corrected chi connectivity index (χ4v) is 2.89. The van der Waals surface area contributed by atoms with Crippen LogP contribution in [0, 0.1) is 12.7 Å². The van der Waals surface area contributed by atoms with Crippen molar-refractivity contribution >= 4 is 38.7 Å². The first-order valence-corrected chi connectivity index (χ1v) is 7.79. The van der Waals surface area contributed by atoms with Crippen LogP contribution in [-0.2, 0) is 6.42 Å². The highest BCUT2D eigenvalue weighted by atomic mass is 79.9. The number of aromatic nitrogens is 3. The molecule has 0 saturated carbocycles. The summed E-state index contributed by atoms with van der Waals surface area (Å²) in [5.41, 5.74) is 3.23. The Morgan fingerprint density at radius 3 is 2.90 bits per heavy atom. The van der Waals surface area contributed by atoms with Crippen molar-refractivity contribution in [3.63, 3.8) is 0 Å². The number of pyridine rings is 1. The fourth-order valence-electron chi connectivity index (χ4n) is 2.30. The number of halogens is 3. The molecule has 0 amide bonds. The molecule has 0 radical (unpaired) electrons. The predicted molar refractivity (Wildman–Crippen MR) is 85.7 cm³/mol. The first-order chi connectivity index (χ1) is 10.1. The third kappa shape index (κ3) is 2.56. The minimum absolute atomic E-state index is 0.306. The first-order valence-electron chi connectivity index (χ1n) is 6.46. The second kappa shape index (κ2) is 5.73. The van der Waals surface area contributed by atoms with E-state index in [9.17, 15) is 4.39 Å². The molecule has 3 nitrogen and oxygen atoms in total. The zero-order valence-corrected chi connectivity index (χ0v) is 13.6. The van der Waals surface area contributed by atoms with E-state index in [4.69, 9.17) is 11.6 Å². The summed E-state index contributed by atoms with van der Waals surface area (Å²) >= 11 is 9.34. The molecule has 0 spiro atoms. The summed E-state index contributed by atoms with van der Waals surface area (Å²) in [6.07, 6.45) is 2.31. The van der Waals surface area contributed by atoms with Crippen molar-refractivity contribution in [3.8, 4) is 5.69 Å². The van der Waals surface area contributed by atoms with E-state index in [1.54, 1.807) is 12.3 Å². The molecule has 1 aromatic carbocycles. The summed E-state index contributed by atoms with van der Waals surface area (Å²) in [5, 5.41) is 0. The Bertz CT molecular complexity index is 816. The molecular formula is C15H12BrClFN3. The van der Waals surface area contributed by atoms with Crippen LogP contribution in [-0.4, -0.2) is 20.4 Å². The Labute approximate surface area is 134 Å². The third-order valence-corrected chi connectivity index (χ3v) is 4.14. The van der Waals surface area contributed by atoms with E-state index in [1.165, 1.54) is 12.1 Å². The van der Waals surface area contributed by atoms with Crippen molar-refractivity contribution in [2.45, 2.75) is 13.3 Å². The summed E-state index contributed by atoms with van der Waals surface area (Å²) < 4.78 is 16.3. The van der Waals surface area contributed by atoms with Gasteiger partial charge in [0.15, 0.2) is 5.65 Å². The summed E-state index contributed by atoms with van der Waals surface area (Å²) in [7, 11) is 0. The number of alkyl halides is 1. The van der Waals surface area contributed by atoms with Gasteiger partial charge in [-0.3, -0.25) is 4.57 Å². The Morgan fingerprint density at radius 2 is 2.14 bits per heavy atom. The molecule has 3 rings (SSSR count). The van der Waals surface area contributed by atoms with Gasteiger partial charge in [0.1, 0.15) is 17.2 Å². The molecule has 0 fully saturated rings. The van der Waals surface area contributed by atoms with Crippen molar-refractivity contribution in [1.82, 2.24) is 14.5 Å². The van der Waals surface area contributed by atoms with Crippen LogP contribution in [0.1, 0.15) is 11.4 Å². The lowest BCUT2D eigenvalue weighted by Gasteiger charge is -2.10. The van der Waals surface area contributed by atoms with Gasteiger partial charge in [-0.25, -0.2) is 14.4 Å². The third-order valence-electron chi connectivity index (χ3n) is 3.28. The fraction of sp³-hybridized carbons (Fsp3) is 0.200. The predicted octanol–water partition coefficient (Wildman–Crippen LogP) is 4.41. The number of rotatable bonds is 3. The molecule has 108 valence electrons. The zero-order valence-electron chi connectivity index (χ0n) is 11.3. The van der Waals surface area contributed by atoms with Gasteiger partial charge in [0.05, 0.1) is 5.69 Å². The monoisotopic (exact) mass is 367 g/mol. The number of hydrogen-bond donors (Lipinski definition) is 0. The van der Waals surface area contributed by atoms with Crippen LogP contribution in [0.15, 0.2) is 34.9 Å². The van der Waals surface area contributed by atoms with E-state index >= 15 is 0 Å². The van der Waals surface area contributed by atoms with Crippen LogP contribution in [0.25, 0.3) is 16.9 Å². The average molecular weight is 369 g/mol. The number of benzene rings is 1. The Kier molecular flexibility index (Phi) is 3.95. The molecule has 6 heteroatoms. The highest BCUT2D eigenvalue weighted by molar-refractivity contribution is 9.10. The normalized spacial score (nSPS) is 11.2. The minimum atomic E-state index is -0.306. The average Bonchev–Trinajstić information content (AvgIpc) is 2.82. The van der Waals surface area contributed by atoms with Crippen LogP contribution < -0.4 is 0 Å². The van der Waals surface area contributed by atoms with Crippen LogP contribution in [0.4, 0.5) is 4.39 Å². The molecule has 2 aromatic heterocycles. The highest BCUT2D eigenvalue weighted by Crippen LogP contribution is 2.28. The molecule has 0 unspecified atom stereocenters. The molecule has 2 heterocycles.